The molecule has 1 saturated heterocycles. The first-order chi connectivity index (χ1) is 10.9. The predicted octanol–water partition coefficient (Wildman–Crippen LogP) is 2.66. The van der Waals surface area contributed by atoms with Gasteiger partial charge in [0.2, 0.25) is 9.84 Å². The minimum atomic E-state index is -3.56. The zero-order valence-corrected chi connectivity index (χ0v) is 14.4. The lowest BCUT2D eigenvalue weighted by molar-refractivity contribution is -0.150. The largest absolute Gasteiger partial charge is 0.393 e. The molecule has 1 heterocycles. The fraction of sp³-hybridized carbons (Fsp3) is 0.529. The van der Waals surface area contributed by atoms with E-state index in [-0.39, 0.29) is 16.2 Å². The second-order valence-corrected chi connectivity index (χ2v) is 7.80. The Morgan fingerprint density at radius 2 is 1.91 bits per heavy atom. The zero-order valence-electron chi connectivity index (χ0n) is 13.6. The van der Waals surface area contributed by atoms with Gasteiger partial charge >= 0.3 is 0 Å². The van der Waals surface area contributed by atoms with Gasteiger partial charge in [-0.25, -0.2) is 8.42 Å². The van der Waals surface area contributed by atoms with E-state index in [0.29, 0.717) is 26.1 Å². The van der Waals surface area contributed by atoms with Crippen LogP contribution in [-0.2, 0) is 19.3 Å². The monoisotopic (exact) mass is 340 g/mol. The van der Waals surface area contributed by atoms with E-state index < -0.39 is 21.7 Å². The second kappa shape index (κ2) is 7.57. The molecule has 1 aliphatic rings. The fourth-order valence-electron chi connectivity index (χ4n) is 2.60. The lowest BCUT2D eigenvalue weighted by atomic mass is 10.1. The number of sulfone groups is 1. The molecule has 0 aromatic heterocycles. The third kappa shape index (κ3) is 4.64. The van der Waals surface area contributed by atoms with Crippen LogP contribution in [0.1, 0.15) is 33.1 Å². The third-order valence-electron chi connectivity index (χ3n) is 3.99. The van der Waals surface area contributed by atoms with Crippen LogP contribution in [0.3, 0.4) is 0 Å². The van der Waals surface area contributed by atoms with Crippen molar-refractivity contribution in [2.24, 2.45) is 0 Å². The molecule has 0 aliphatic carbocycles. The second-order valence-electron chi connectivity index (χ2n) is 5.80. The highest BCUT2D eigenvalue weighted by Crippen LogP contribution is 2.28. The molecule has 0 spiro atoms. The van der Waals surface area contributed by atoms with Gasteiger partial charge in [0.25, 0.3) is 0 Å². The molecule has 0 bridgehead atoms. The molecule has 1 atom stereocenters. The number of benzene rings is 1. The van der Waals surface area contributed by atoms with Gasteiger partial charge in [-0.05, 0) is 32.4 Å². The summed E-state index contributed by atoms with van der Waals surface area (Å²) in [6.45, 7) is 4.61. The van der Waals surface area contributed by atoms with E-state index in [4.69, 9.17) is 9.47 Å². The SMILES string of the molecule is C/C=C(\CC(O)CCC1(C)OCCO1)S(=O)(=O)c1ccccc1. The van der Waals surface area contributed by atoms with Gasteiger partial charge in [0.05, 0.1) is 24.2 Å². The van der Waals surface area contributed by atoms with Crippen LogP contribution in [-0.4, -0.2) is 38.6 Å². The van der Waals surface area contributed by atoms with Gasteiger partial charge in [-0.3, -0.25) is 0 Å². The summed E-state index contributed by atoms with van der Waals surface area (Å²) in [6.07, 6.45) is 1.82. The molecular weight excluding hydrogens is 316 g/mol. The molecule has 5 nitrogen and oxygen atoms in total. The lowest BCUT2D eigenvalue weighted by Gasteiger charge is -2.23. The van der Waals surface area contributed by atoms with Crippen molar-refractivity contribution < 1.29 is 23.0 Å². The first kappa shape index (κ1) is 18.1. The molecule has 1 fully saturated rings. The average Bonchev–Trinajstić information content (AvgIpc) is 2.98. The summed E-state index contributed by atoms with van der Waals surface area (Å²) in [5, 5.41) is 10.2. The summed E-state index contributed by atoms with van der Waals surface area (Å²) in [4.78, 5) is 0.476. The summed E-state index contributed by atoms with van der Waals surface area (Å²) < 4.78 is 36.2. The van der Waals surface area contributed by atoms with E-state index in [0.717, 1.165) is 0 Å². The van der Waals surface area contributed by atoms with Crippen molar-refractivity contribution in [1.29, 1.82) is 0 Å². The molecule has 0 saturated carbocycles. The highest BCUT2D eigenvalue weighted by molar-refractivity contribution is 7.95. The molecule has 128 valence electrons. The number of hydrogen-bond donors (Lipinski definition) is 1. The molecule has 6 heteroatoms. The molecular formula is C17H24O5S. The highest BCUT2D eigenvalue weighted by atomic mass is 32.2. The normalized spacial score (nSPS) is 19.7. The summed E-state index contributed by atoms with van der Waals surface area (Å²) in [5.74, 6) is -0.671. The van der Waals surface area contributed by atoms with Gasteiger partial charge < -0.3 is 14.6 Å². The Morgan fingerprint density at radius 1 is 1.30 bits per heavy atom. The third-order valence-corrected chi connectivity index (χ3v) is 5.97. The Labute approximate surface area is 137 Å². The van der Waals surface area contributed by atoms with Gasteiger partial charge in [-0.2, -0.15) is 0 Å². The Hall–Kier alpha value is -1.21. The topological polar surface area (TPSA) is 72.8 Å². The van der Waals surface area contributed by atoms with Gasteiger partial charge in [0.1, 0.15) is 0 Å². The molecule has 23 heavy (non-hydrogen) atoms. The Balaban J connectivity index is 1.99. The van der Waals surface area contributed by atoms with Gasteiger partial charge in [-0.15, -0.1) is 0 Å². The quantitative estimate of drug-likeness (QED) is 0.826. The van der Waals surface area contributed by atoms with Crippen molar-refractivity contribution in [2.75, 3.05) is 13.2 Å². The summed E-state index contributed by atoms with van der Waals surface area (Å²) in [6, 6.07) is 8.27. The van der Waals surface area contributed by atoms with E-state index in [1.807, 2.05) is 6.92 Å². The highest BCUT2D eigenvalue weighted by Gasteiger charge is 2.32. The lowest BCUT2D eigenvalue weighted by Crippen LogP contribution is -2.27. The molecule has 1 aromatic rings. The minimum Gasteiger partial charge on any atom is -0.393 e. The summed E-state index contributed by atoms with van der Waals surface area (Å²) in [7, 11) is -3.56. The molecule has 0 amide bonds. The predicted molar refractivity (Wildman–Crippen MR) is 87.6 cm³/mol. The van der Waals surface area contributed by atoms with Crippen molar-refractivity contribution in [3.05, 3.63) is 41.3 Å². The van der Waals surface area contributed by atoms with Crippen molar-refractivity contribution in [3.63, 3.8) is 0 Å². The first-order valence-electron chi connectivity index (χ1n) is 7.79. The standard InChI is InChI=1S/C17H24O5S/c1-3-15(23(19,20)16-7-5-4-6-8-16)13-14(18)9-10-17(2)21-11-12-22-17/h3-8,14,18H,9-13H2,1-2H3/b15-3+. The van der Waals surface area contributed by atoms with Crippen molar-refractivity contribution in [1.82, 2.24) is 0 Å². The Morgan fingerprint density at radius 3 is 2.48 bits per heavy atom. The average molecular weight is 340 g/mol. The fourth-order valence-corrected chi connectivity index (χ4v) is 4.14. The first-order valence-corrected chi connectivity index (χ1v) is 9.27. The molecule has 1 aliphatic heterocycles. The van der Waals surface area contributed by atoms with Crippen molar-refractivity contribution in [3.8, 4) is 0 Å². The van der Waals surface area contributed by atoms with Crippen LogP contribution < -0.4 is 0 Å². The summed E-state index contributed by atoms with van der Waals surface area (Å²) >= 11 is 0. The van der Waals surface area contributed by atoms with Crippen molar-refractivity contribution >= 4 is 9.84 Å². The van der Waals surface area contributed by atoms with Crippen LogP contribution in [0, 0.1) is 0 Å². The number of hydrogen-bond acceptors (Lipinski definition) is 5. The molecule has 1 N–H and O–H groups in total. The smallest absolute Gasteiger partial charge is 0.202 e. The van der Waals surface area contributed by atoms with Crippen LogP contribution in [0.4, 0.5) is 0 Å². The molecule has 2 rings (SSSR count). The maximum atomic E-state index is 12.6. The zero-order chi connectivity index (χ0) is 16.9. The van der Waals surface area contributed by atoms with Crippen LogP contribution in [0.25, 0.3) is 0 Å². The maximum Gasteiger partial charge on any atom is 0.202 e. The van der Waals surface area contributed by atoms with Crippen LogP contribution in [0.5, 0.6) is 0 Å². The van der Waals surface area contributed by atoms with E-state index >= 15 is 0 Å². The minimum absolute atomic E-state index is 0.0871. The number of aliphatic hydroxyl groups is 1. The number of ether oxygens (including phenoxy) is 2. The van der Waals surface area contributed by atoms with Gasteiger partial charge in [0, 0.05) is 17.7 Å². The van der Waals surface area contributed by atoms with E-state index in [1.165, 1.54) is 0 Å². The Kier molecular flexibility index (Phi) is 5.97. The van der Waals surface area contributed by atoms with Crippen LogP contribution >= 0.6 is 0 Å². The molecule has 1 aromatic carbocycles. The van der Waals surface area contributed by atoms with Crippen LogP contribution in [0.15, 0.2) is 46.2 Å². The van der Waals surface area contributed by atoms with Gasteiger partial charge in [0.15, 0.2) is 5.79 Å². The summed E-state index contributed by atoms with van der Waals surface area (Å²) in [5.41, 5.74) is 0. The van der Waals surface area contributed by atoms with Crippen molar-refractivity contribution in [2.45, 2.75) is 49.9 Å². The van der Waals surface area contributed by atoms with E-state index in [1.54, 1.807) is 43.3 Å². The molecule has 0 radical (unpaired) electrons. The molecule has 1 unspecified atom stereocenters. The maximum absolute atomic E-state index is 12.6. The number of rotatable bonds is 7. The number of allylic oxidation sites excluding steroid dienone is 1. The number of aliphatic hydroxyl groups excluding tert-OH is 1. The van der Waals surface area contributed by atoms with E-state index in [2.05, 4.69) is 0 Å². The Bertz CT molecular complexity index is 630. The van der Waals surface area contributed by atoms with E-state index in [9.17, 15) is 13.5 Å². The van der Waals surface area contributed by atoms with Crippen LogP contribution in [0.2, 0.25) is 0 Å². The van der Waals surface area contributed by atoms with Gasteiger partial charge in [-0.1, -0.05) is 24.3 Å².